The maximum absolute atomic E-state index is 12.2. The van der Waals surface area contributed by atoms with Gasteiger partial charge in [-0.15, -0.1) is 0 Å². The predicted molar refractivity (Wildman–Crippen MR) is 105 cm³/mol. The second-order valence-corrected chi connectivity index (χ2v) is 7.29. The molecule has 1 atom stereocenters. The van der Waals surface area contributed by atoms with Gasteiger partial charge in [0.15, 0.2) is 6.04 Å². The SMILES string of the molecule is CC(C)COCC(NC(=O)OCC1c2ccccc2-c2ccccc21)C(=O)O. The average molecular weight is 383 g/mol. The number of alkyl carbamates (subject to hydrolysis) is 1. The van der Waals surface area contributed by atoms with Crippen molar-refractivity contribution in [3.05, 3.63) is 59.7 Å². The fraction of sp³-hybridized carbons (Fsp3) is 0.364. The third kappa shape index (κ3) is 4.51. The number of carbonyl (C=O) groups excluding carboxylic acids is 1. The molecule has 0 spiro atoms. The number of carboxylic acid groups (broad SMARTS) is 1. The van der Waals surface area contributed by atoms with Gasteiger partial charge in [0.2, 0.25) is 0 Å². The summed E-state index contributed by atoms with van der Waals surface area (Å²) in [6, 6.07) is 14.9. The molecule has 6 nitrogen and oxygen atoms in total. The number of carbonyl (C=O) groups is 2. The van der Waals surface area contributed by atoms with Crippen LogP contribution in [0.15, 0.2) is 48.5 Å². The highest BCUT2D eigenvalue weighted by molar-refractivity contribution is 5.81. The van der Waals surface area contributed by atoms with Gasteiger partial charge in [-0.1, -0.05) is 62.4 Å². The van der Waals surface area contributed by atoms with Gasteiger partial charge in [0.25, 0.3) is 0 Å². The summed E-state index contributed by atoms with van der Waals surface area (Å²) in [7, 11) is 0. The zero-order valence-corrected chi connectivity index (χ0v) is 16.1. The smallest absolute Gasteiger partial charge is 0.407 e. The largest absolute Gasteiger partial charge is 0.480 e. The van der Waals surface area contributed by atoms with Gasteiger partial charge in [0.05, 0.1) is 6.61 Å². The summed E-state index contributed by atoms with van der Waals surface area (Å²) in [6.45, 7) is 4.40. The summed E-state index contributed by atoms with van der Waals surface area (Å²) in [5.41, 5.74) is 4.48. The lowest BCUT2D eigenvalue weighted by Crippen LogP contribution is -2.44. The molecular formula is C22H25NO5. The third-order valence-electron chi connectivity index (χ3n) is 4.67. The molecule has 2 N–H and O–H groups in total. The molecule has 2 aromatic carbocycles. The van der Waals surface area contributed by atoms with Crippen molar-refractivity contribution < 1.29 is 24.2 Å². The van der Waals surface area contributed by atoms with Crippen LogP contribution >= 0.6 is 0 Å². The molecule has 0 bridgehead atoms. The van der Waals surface area contributed by atoms with E-state index in [1.165, 1.54) is 0 Å². The number of nitrogens with one attached hydrogen (secondary N) is 1. The molecule has 1 unspecified atom stereocenters. The van der Waals surface area contributed by atoms with Crippen LogP contribution in [0.2, 0.25) is 0 Å². The molecule has 3 rings (SSSR count). The number of benzene rings is 2. The van der Waals surface area contributed by atoms with E-state index < -0.39 is 18.1 Å². The molecule has 2 aromatic rings. The van der Waals surface area contributed by atoms with Gasteiger partial charge in [-0.05, 0) is 28.2 Å². The highest BCUT2D eigenvalue weighted by atomic mass is 16.5. The number of hydrogen-bond acceptors (Lipinski definition) is 4. The van der Waals surface area contributed by atoms with Crippen molar-refractivity contribution in [3.8, 4) is 11.1 Å². The van der Waals surface area contributed by atoms with Gasteiger partial charge in [-0.3, -0.25) is 0 Å². The second kappa shape index (κ2) is 8.89. The highest BCUT2D eigenvalue weighted by Gasteiger charge is 2.29. The van der Waals surface area contributed by atoms with Crippen LogP contribution in [0.25, 0.3) is 11.1 Å². The van der Waals surface area contributed by atoms with Crippen LogP contribution < -0.4 is 5.32 Å². The second-order valence-electron chi connectivity index (χ2n) is 7.29. The van der Waals surface area contributed by atoms with Crippen LogP contribution in [0.4, 0.5) is 4.79 Å². The molecule has 0 heterocycles. The summed E-state index contributed by atoms with van der Waals surface area (Å²) in [5, 5.41) is 11.7. The Morgan fingerprint density at radius 3 is 2.11 bits per heavy atom. The van der Waals surface area contributed by atoms with Crippen LogP contribution in [-0.2, 0) is 14.3 Å². The van der Waals surface area contributed by atoms with Gasteiger partial charge in [0.1, 0.15) is 6.61 Å². The van der Waals surface area contributed by atoms with Crippen molar-refractivity contribution in [1.29, 1.82) is 0 Å². The Labute approximate surface area is 164 Å². The van der Waals surface area contributed by atoms with Crippen molar-refractivity contribution in [3.63, 3.8) is 0 Å². The first-order valence-corrected chi connectivity index (χ1v) is 9.39. The van der Waals surface area contributed by atoms with Gasteiger partial charge >= 0.3 is 12.1 Å². The number of ether oxygens (including phenoxy) is 2. The maximum Gasteiger partial charge on any atom is 0.407 e. The van der Waals surface area contributed by atoms with Crippen molar-refractivity contribution in [1.82, 2.24) is 5.32 Å². The summed E-state index contributed by atoms with van der Waals surface area (Å²) < 4.78 is 10.7. The first-order chi connectivity index (χ1) is 13.5. The van der Waals surface area contributed by atoms with Crippen LogP contribution in [0.3, 0.4) is 0 Å². The summed E-state index contributed by atoms with van der Waals surface area (Å²) in [6.07, 6.45) is -0.762. The molecular weight excluding hydrogens is 358 g/mol. The summed E-state index contributed by atoms with van der Waals surface area (Å²) in [4.78, 5) is 23.5. The van der Waals surface area contributed by atoms with E-state index in [0.717, 1.165) is 22.3 Å². The Morgan fingerprint density at radius 1 is 1.00 bits per heavy atom. The topological polar surface area (TPSA) is 84.9 Å². The van der Waals surface area contributed by atoms with Crippen molar-refractivity contribution in [2.45, 2.75) is 25.8 Å². The third-order valence-corrected chi connectivity index (χ3v) is 4.67. The minimum atomic E-state index is -1.16. The first kappa shape index (κ1) is 19.9. The molecule has 6 heteroatoms. The molecule has 0 aliphatic heterocycles. The molecule has 1 amide bonds. The lowest BCUT2D eigenvalue weighted by molar-refractivity contribution is -0.141. The molecule has 1 aliphatic carbocycles. The standard InChI is InChI=1S/C22H25NO5/c1-14(2)11-27-13-20(21(24)25)23-22(26)28-12-19-17-9-5-3-7-15(17)16-8-4-6-10-18(16)19/h3-10,14,19-20H,11-13H2,1-2H3,(H,23,26)(H,24,25). The van der Waals surface area contributed by atoms with E-state index >= 15 is 0 Å². The number of fused-ring (bicyclic) bond motifs is 3. The van der Waals surface area contributed by atoms with E-state index in [0.29, 0.717) is 6.61 Å². The minimum absolute atomic E-state index is 0.0707. The fourth-order valence-corrected chi connectivity index (χ4v) is 3.38. The molecule has 28 heavy (non-hydrogen) atoms. The van der Waals surface area contributed by atoms with Crippen LogP contribution in [-0.4, -0.2) is 43.0 Å². The molecule has 0 aromatic heterocycles. The Balaban J connectivity index is 1.62. The molecule has 148 valence electrons. The van der Waals surface area contributed by atoms with Gasteiger partial charge in [-0.2, -0.15) is 0 Å². The van der Waals surface area contributed by atoms with E-state index in [2.05, 4.69) is 17.4 Å². The predicted octanol–water partition coefficient (Wildman–Crippen LogP) is 3.65. The number of aliphatic carboxylic acids is 1. The molecule has 1 aliphatic rings. The fourth-order valence-electron chi connectivity index (χ4n) is 3.38. The van der Waals surface area contributed by atoms with E-state index in [9.17, 15) is 14.7 Å². The average Bonchev–Trinajstić information content (AvgIpc) is 2.99. The normalized spacial score (nSPS) is 13.7. The Morgan fingerprint density at radius 2 is 1.57 bits per heavy atom. The summed E-state index contributed by atoms with van der Waals surface area (Å²) in [5.74, 6) is -0.945. The number of rotatable bonds is 8. The van der Waals surface area contributed by atoms with Crippen molar-refractivity contribution in [2.75, 3.05) is 19.8 Å². The van der Waals surface area contributed by atoms with Crippen molar-refractivity contribution in [2.24, 2.45) is 5.92 Å². The lowest BCUT2D eigenvalue weighted by Gasteiger charge is -2.18. The zero-order chi connectivity index (χ0) is 20.1. The van der Waals surface area contributed by atoms with Crippen LogP contribution in [0.5, 0.6) is 0 Å². The number of amides is 1. The minimum Gasteiger partial charge on any atom is -0.480 e. The highest BCUT2D eigenvalue weighted by Crippen LogP contribution is 2.44. The monoisotopic (exact) mass is 383 g/mol. The van der Waals surface area contributed by atoms with Crippen LogP contribution in [0.1, 0.15) is 30.9 Å². The van der Waals surface area contributed by atoms with E-state index in [4.69, 9.17) is 9.47 Å². The number of carboxylic acids is 1. The van der Waals surface area contributed by atoms with Gasteiger partial charge in [0, 0.05) is 12.5 Å². The summed E-state index contributed by atoms with van der Waals surface area (Å²) >= 11 is 0. The molecule has 0 radical (unpaired) electrons. The maximum atomic E-state index is 12.2. The zero-order valence-electron chi connectivity index (χ0n) is 16.1. The lowest BCUT2D eigenvalue weighted by atomic mass is 9.98. The Kier molecular flexibility index (Phi) is 6.31. The quantitative estimate of drug-likeness (QED) is 0.727. The van der Waals surface area contributed by atoms with Crippen LogP contribution in [0, 0.1) is 5.92 Å². The number of hydrogen-bond donors (Lipinski definition) is 2. The van der Waals surface area contributed by atoms with E-state index in [-0.39, 0.29) is 25.0 Å². The molecule has 0 saturated carbocycles. The van der Waals surface area contributed by atoms with Gasteiger partial charge in [-0.25, -0.2) is 9.59 Å². The van der Waals surface area contributed by atoms with Crippen molar-refractivity contribution >= 4 is 12.1 Å². The van der Waals surface area contributed by atoms with E-state index in [1.807, 2.05) is 50.2 Å². The first-order valence-electron chi connectivity index (χ1n) is 9.39. The molecule has 0 fully saturated rings. The Bertz CT molecular complexity index is 803. The van der Waals surface area contributed by atoms with Gasteiger partial charge < -0.3 is 19.9 Å². The Hall–Kier alpha value is -2.86. The van der Waals surface area contributed by atoms with E-state index in [1.54, 1.807) is 0 Å². The molecule has 0 saturated heterocycles.